The van der Waals surface area contributed by atoms with Crippen LogP contribution < -0.4 is 10.6 Å². The molecular formula is C19H15N3O2. The zero-order chi connectivity index (χ0) is 16.4. The van der Waals surface area contributed by atoms with Gasteiger partial charge in [-0.1, -0.05) is 36.4 Å². The van der Waals surface area contributed by atoms with Crippen molar-refractivity contribution >= 4 is 23.6 Å². The van der Waals surface area contributed by atoms with Crippen LogP contribution in [0.1, 0.15) is 16.1 Å². The van der Waals surface area contributed by atoms with E-state index in [2.05, 4.69) is 15.6 Å². The standard InChI is InChI=1S/C19H15N3O2/c23-17(13-7-2-1-3-8-13)21-15-10-5-4-9-14(15)18-22-16-11-6-12-20-19(16)24-18/h1-11,20H,12H2,(H,21,23). The number of rotatable bonds is 3. The summed E-state index contributed by atoms with van der Waals surface area (Å²) in [5, 5.41) is 6.06. The van der Waals surface area contributed by atoms with E-state index in [9.17, 15) is 4.79 Å². The molecule has 0 unspecified atom stereocenters. The lowest BCUT2D eigenvalue weighted by Crippen LogP contribution is -2.12. The lowest BCUT2D eigenvalue weighted by molar-refractivity contribution is 0.102. The predicted octanol–water partition coefficient (Wildman–Crippen LogP) is 4.03. The van der Waals surface area contributed by atoms with E-state index >= 15 is 0 Å². The highest BCUT2D eigenvalue weighted by Crippen LogP contribution is 2.32. The van der Waals surface area contributed by atoms with E-state index in [4.69, 9.17) is 4.42 Å². The minimum Gasteiger partial charge on any atom is -0.420 e. The SMILES string of the molecule is O=C(Nc1ccccc1-c1nc2c(o1)NCC=C2)c1ccccc1. The maximum Gasteiger partial charge on any atom is 0.255 e. The maximum absolute atomic E-state index is 12.4. The number of benzene rings is 2. The van der Waals surface area contributed by atoms with Crippen LogP contribution in [0, 0.1) is 0 Å². The highest BCUT2D eigenvalue weighted by atomic mass is 16.4. The molecule has 0 aliphatic carbocycles. The fraction of sp³-hybridized carbons (Fsp3) is 0.0526. The number of aromatic nitrogens is 1. The first-order chi connectivity index (χ1) is 11.8. The van der Waals surface area contributed by atoms with Gasteiger partial charge in [0.05, 0.1) is 11.3 Å². The number of nitrogens with zero attached hydrogens (tertiary/aromatic N) is 1. The molecular weight excluding hydrogens is 302 g/mol. The fourth-order valence-electron chi connectivity index (χ4n) is 2.57. The Morgan fingerprint density at radius 3 is 2.71 bits per heavy atom. The van der Waals surface area contributed by atoms with Gasteiger partial charge in [0.15, 0.2) is 0 Å². The minimum atomic E-state index is -0.169. The normalized spacial score (nSPS) is 12.3. The molecule has 0 bridgehead atoms. The third-order valence-corrected chi connectivity index (χ3v) is 3.75. The summed E-state index contributed by atoms with van der Waals surface area (Å²) in [4.78, 5) is 16.9. The summed E-state index contributed by atoms with van der Waals surface area (Å²) in [6, 6.07) is 16.6. The smallest absolute Gasteiger partial charge is 0.255 e. The van der Waals surface area contributed by atoms with E-state index < -0.39 is 0 Å². The van der Waals surface area contributed by atoms with E-state index in [0.717, 1.165) is 11.3 Å². The molecule has 0 saturated carbocycles. The molecule has 24 heavy (non-hydrogen) atoms. The molecule has 0 radical (unpaired) electrons. The Morgan fingerprint density at radius 1 is 1.08 bits per heavy atom. The van der Waals surface area contributed by atoms with Gasteiger partial charge < -0.3 is 15.1 Å². The minimum absolute atomic E-state index is 0.169. The molecule has 1 aliphatic heterocycles. The Labute approximate surface area is 139 Å². The Hall–Kier alpha value is -3.34. The summed E-state index contributed by atoms with van der Waals surface area (Å²) in [5.74, 6) is 0.956. The lowest BCUT2D eigenvalue weighted by atomic mass is 10.1. The molecule has 0 fully saturated rings. The third kappa shape index (κ3) is 2.67. The summed E-state index contributed by atoms with van der Waals surface area (Å²) in [5.41, 5.74) is 2.77. The monoisotopic (exact) mass is 317 g/mol. The van der Waals surface area contributed by atoms with Crippen molar-refractivity contribution < 1.29 is 9.21 Å². The number of nitrogens with one attached hydrogen (secondary N) is 2. The number of hydrogen-bond acceptors (Lipinski definition) is 4. The molecule has 1 amide bonds. The molecule has 1 aromatic heterocycles. The maximum atomic E-state index is 12.4. The number of para-hydroxylation sites is 1. The summed E-state index contributed by atoms with van der Waals surface area (Å²) < 4.78 is 5.80. The van der Waals surface area contributed by atoms with Gasteiger partial charge in [-0.15, -0.1) is 0 Å². The third-order valence-electron chi connectivity index (χ3n) is 3.75. The molecule has 118 valence electrons. The van der Waals surface area contributed by atoms with E-state index in [1.54, 1.807) is 12.1 Å². The summed E-state index contributed by atoms with van der Waals surface area (Å²) in [6.07, 6.45) is 3.90. The first-order valence-corrected chi connectivity index (χ1v) is 7.68. The van der Waals surface area contributed by atoms with Crippen molar-refractivity contribution in [3.05, 3.63) is 71.9 Å². The highest BCUT2D eigenvalue weighted by Gasteiger charge is 2.18. The van der Waals surface area contributed by atoms with Gasteiger partial charge >= 0.3 is 0 Å². The second-order valence-electron chi connectivity index (χ2n) is 5.38. The molecule has 2 heterocycles. The Kier molecular flexibility index (Phi) is 3.59. The topological polar surface area (TPSA) is 67.2 Å². The average Bonchev–Trinajstić information content (AvgIpc) is 3.07. The van der Waals surface area contributed by atoms with Gasteiger partial charge in [0.25, 0.3) is 5.91 Å². The summed E-state index contributed by atoms with van der Waals surface area (Å²) in [7, 11) is 0. The van der Waals surface area contributed by atoms with Gasteiger partial charge in [-0.05, 0) is 30.3 Å². The Bertz CT molecular complexity index is 913. The Balaban J connectivity index is 1.67. The number of fused-ring (bicyclic) bond motifs is 1. The molecule has 3 aromatic rings. The number of amides is 1. The van der Waals surface area contributed by atoms with Gasteiger partial charge in [0, 0.05) is 12.1 Å². The first-order valence-electron chi connectivity index (χ1n) is 7.68. The Morgan fingerprint density at radius 2 is 1.88 bits per heavy atom. The molecule has 5 heteroatoms. The highest BCUT2D eigenvalue weighted by molar-refractivity contribution is 6.06. The number of oxazole rings is 1. The van der Waals surface area contributed by atoms with Crippen molar-refractivity contribution in [2.24, 2.45) is 0 Å². The molecule has 0 atom stereocenters. The second kappa shape index (κ2) is 6.04. The second-order valence-corrected chi connectivity index (χ2v) is 5.38. The largest absolute Gasteiger partial charge is 0.420 e. The van der Waals surface area contributed by atoms with Gasteiger partial charge in [-0.2, -0.15) is 0 Å². The quantitative estimate of drug-likeness (QED) is 0.765. The number of hydrogen-bond donors (Lipinski definition) is 2. The van der Waals surface area contributed by atoms with Crippen LogP contribution in [0.4, 0.5) is 11.6 Å². The zero-order valence-electron chi connectivity index (χ0n) is 12.8. The van der Waals surface area contributed by atoms with Crippen LogP contribution in [-0.2, 0) is 0 Å². The molecule has 5 nitrogen and oxygen atoms in total. The number of carbonyl (C=O) groups is 1. The van der Waals surface area contributed by atoms with E-state index in [0.29, 0.717) is 29.6 Å². The van der Waals surface area contributed by atoms with Crippen LogP contribution in [0.3, 0.4) is 0 Å². The van der Waals surface area contributed by atoms with Crippen LogP contribution in [0.15, 0.2) is 65.1 Å². The van der Waals surface area contributed by atoms with Gasteiger partial charge in [0.2, 0.25) is 11.8 Å². The van der Waals surface area contributed by atoms with E-state index in [-0.39, 0.29) is 5.91 Å². The van der Waals surface area contributed by atoms with E-state index in [1.165, 1.54) is 0 Å². The summed E-state index contributed by atoms with van der Waals surface area (Å²) >= 11 is 0. The van der Waals surface area contributed by atoms with Gasteiger partial charge in [0.1, 0.15) is 5.69 Å². The molecule has 4 rings (SSSR count). The summed E-state index contributed by atoms with van der Waals surface area (Å²) in [6.45, 7) is 0.716. The van der Waals surface area contributed by atoms with Crippen molar-refractivity contribution in [1.29, 1.82) is 0 Å². The van der Waals surface area contributed by atoms with Gasteiger partial charge in [-0.25, -0.2) is 4.98 Å². The molecule has 2 aromatic carbocycles. The predicted molar refractivity (Wildman–Crippen MR) is 93.9 cm³/mol. The van der Waals surface area contributed by atoms with Crippen molar-refractivity contribution in [3.8, 4) is 11.5 Å². The van der Waals surface area contributed by atoms with Crippen LogP contribution in [0.25, 0.3) is 17.5 Å². The first kappa shape index (κ1) is 14.3. The molecule has 2 N–H and O–H groups in total. The van der Waals surface area contributed by atoms with Crippen molar-refractivity contribution in [2.75, 3.05) is 17.2 Å². The zero-order valence-corrected chi connectivity index (χ0v) is 12.8. The van der Waals surface area contributed by atoms with Crippen LogP contribution in [-0.4, -0.2) is 17.4 Å². The van der Waals surface area contributed by atoms with Crippen molar-refractivity contribution in [3.63, 3.8) is 0 Å². The number of carbonyl (C=O) groups excluding carboxylic acids is 1. The lowest BCUT2D eigenvalue weighted by Gasteiger charge is -2.08. The molecule has 0 spiro atoms. The van der Waals surface area contributed by atoms with Crippen LogP contribution >= 0.6 is 0 Å². The van der Waals surface area contributed by atoms with Crippen molar-refractivity contribution in [1.82, 2.24) is 4.98 Å². The number of anilines is 2. The molecule has 1 aliphatic rings. The van der Waals surface area contributed by atoms with Crippen molar-refractivity contribution in [2.45, 2.75) is 0 Å². The van der Waals surface area contributed by atoms with Crippen LogP contribution in [0.2, 0.25) is 0 Å². The fourth-order valence-corrected chi connectivity index (χ4v) is 2.57. The average molecular weight is 317 g/mol. The van der Waals surface area contributed by atoms with E-state index in [1.807, 2.05) is 54.6 Å². The molecule has 0 saturated heterocycles. The van der Waals surface area contributed by atoms with Crippen LogP contribution in [0.5, 0.6) is 0 Å². The van der Waals surface area contributed by atoms with Gasteiger partial charge in [-0.3, -0.25) is 4.79 Å².